The molecular weight excluding hydrogens is 398 g/mol. The molecule has 0 aliphatic carbocycles. The predicted molar refractivity (Wildman–Crippen MR) is 107 cm³/mol. The summed E-state index contributed by atoms with van der Waals surface area (Å²) < 4.78 is 11.2. The standard InChI is InChI=1S/C19H19N3O6S/c1-4-22-16(24)15(29-17(22)13(9-20)19(26)28-5-2)10-21-11-6-7-14(23)12(8-11)18(25)27-3/h6-8,10,21,23H,4-5H2,1-3H3/b15-10+,17-13-. The lowest BCUT2D eigenvalue weighted by molar-refractivity contribution is -0.136. The van der Waals surface area contributed by atoms with Gasteiger partial charge in [-0.2, -0.15) is 5.26 Å². The van der Waals surface area contributed by atoms with E-state index in [0.717, 1.165) is 11.3 Å². The number of aromatic nitrogens is 1. The zero-order valence-electron chi connectivity index (χ0n) is 16.0. The molecule has 0 fully saturated rings. The van der Waals surface area contributed by atoms with Crippen LogP contribution in [0.2, 0.25) is 0 Å². The number of anilines is 1. The summed E-state index contributed by atoms with van der Waals surface area (Å²) in [5.41, 5.74) is -0.237. The fourth-order valence-electron chi connectivity index (χ4n) is 2.42. The van der Waals surface area contributed by atoms with Gasteiger partial charge in [0.05, 0.1) is 13.7 Å². The number of nitrogens with one attached hydrogen (secondary N) is 1. The maximum absolute atomic E-state index is 12.6. The van der Waals surface area contributed by atoms with E-state index < -0.39 is 11.9 Å². The number of phenols is 1. The van der Waals surface area contributed by atoms with Gasteiger partial charge in [-0.3, -0.25) is 9.36 Å². The number of nitrogens with zero attached hydrogens (tertiary/aromatic N) is 2. The zero-order chi connectivity index (χ0) is 21.6. The molecule has 0 unspecified atom stereocenters. The first-order valence-electron chi connectivity index (χ1n) is 8.57. The zero-order valence-corrected chi connectivity index (χ0v) is 16.8. The van der Waals surface area contributed by atoms with Crippen LogP contribution in [0, 0.1) is 11.3 Å². The number of aromatic hydroxyl groups is 1. The second kappa shape index (κ2) is 9.57. The van der Waals surface area contributed by atoms with Gasteiger partial charge in [0.2, 0.25) is 0 Å². The van der Waals surface area contributed by atoms with Crippen molar-refractivity contribution in [2.75, 3.05) is 19.0 Å². The van der Waals surface area contributed by atoms with Crippen molar-refractivity contribution in [1.29, 1.82) is 5.26 Å². The van der Waals surface area contributed by atoms with E-state index in [1.165, 1.54) is 36.1 Å². The quantitative estimate of drug-likeness (QED) is 0.514. The summed E-state index contributed by atoms with van der Waals surface area (Å²) in [6.45, 7) is 3.71. The van der Waals surface area contributed by atoms with E-state index in [0.29, 0.717) is 5.69 Å². The number of phenolic OH excluding ortho intramolecular Hbond substituents is 1. The third-order valence-corrected chi connectivity index (χ3v) is 4.93. The van der Waals surface area contributed by atoms with E-state index in [9.17, 15) is 24.8 Å². The Bertz CT molecular complexity index is 1160. The highest BCUT2D eigenvalue weighted by Crippen LogP contribution is 2.22. The Balaban J connectivity index is 2.55. The highest BCUT2D eigenvalue weighted by Gasteiger charge is 2.16. The first-order valence-corrected chi connectivity index (χ1v) is 9.38. The number of hydrogen-bond acceptors (Lipinski definition) is 9. The van der Waals surface area contributed by atoms with Crippen LogP contribution >= 0.6 is 11.3 Å². The van der Waals surface area contributed by atoms with Crippen molar-refractivity contribution in [1.82, 2.24) is 4.57 Å². The van der Waals surface area contributed by atoms with Crippen LogP contribution in [0.25, 0.3) is 11.8 Å². The molecule has 2 aromatic rings. The number of hydrogen-bond donors (Lipinski definition) is 2. The van der Waals surface area contributed by atoms with Crippen LogP contribution < -0.4 is 20.1 Å². The van der Waals surface area contributed by atoms with Gasteiger partial charge >= 0.3 is 11.9 Å². The molecule has 0 atom stereocenters. The number of carbonyl (C=O) groups is 2. The Kier molecular flexibility index (Phi) is 7.16. The monoisotopic (exact) mass is 417 g/mol. The van der Waals surface area contributed by atoms with Crippen LogP contribution in [0.4, 0.5) is 5.69 Å². The number of thiazole rings is 1. The van der Waals surface area contributed by atoms with Crippen molar-refractivity contribution in [2.45, 2.75) is 20.4 Å². The molecular formula is C19H19N3O6S. The van der Waals surface area contributed by atoms with Gasteiger partial charge in [0.1, 0.15) is 26.6 Å². The maximum atomic E-state index is 12.6. The maximum Gasteiger partial charge on any atom is 0.351 e. The largest absolute Gasteiger partial charge is 0.507 e. The van der Waals surface area contributed by atoms with Gasteiger partial charge in [0, 0.05) is 18.4 Å². The van der Waals surface area contributed by atoms with Crippen LogP contribution in [0.15, 0.2) is 23.0 Å². The van der Waals surface area contributed by atoms with Crippen molar-refractivity contribution in [3.8, 4) is 11.8 Å². The molecule has 2 rings (SSSR count). The van der Waals surface area contributed by atoms with Gasteiger partial charge < -0.3 is 19.9 Å². The summed E-state index contributed by atoms with van der Waals surface area (Å²) in [5, 5.41) is 22.0. The first-order chi connectivity index (χ1) is 13.9. The Labute approximate surface area is 169 Å². The predicted octanol–water partition coefficient (Wildman–Crippen LogP) is 0.509. The van der Waals surface area contributed by atoms with Crippen molar-refractivity contribution in [3.63, 3.8) is 0 Å². The van der Waals surface area contributed by atoms with E-state index in [1.807, 2.05) is 0 Å². The Morgan fingerprint density at radius 3 is 2.69 bits per heavy atom. The van der Waals surface area contributed by atoms with Crippen LogP contribution in [0.3, 0.4) is 0 Å². The number of ether oxygens (including phenoxy) is 2. The number of methoxy groups -OCH3 is 1. The molecule has 1 aromatic carbocycles. The molecule has 0 amide bonds. The summed E-state index contributed by atoms with van der Waals surface area (Å²) in [4.78, 5) is 36.3. The highest BCUT2D eigenvalue weighted by atomic mass is 32.1. The van der Waals surface area contributed by atoms with Crippen LogP contribution in [-0.2, 0) is 20.8 Å². The van der Waals surface area contributed by atoms with E-state index in [-0.39, 0.29) is 44.8 Å². The third kappa shape index (κ3) is 4.64. The first kappa shape index (κ1) is 21.7. The number of benzene rings is 1. The molecule has 0 spiro atoms. The fourth-order valence-corrected chi connectivity index (χ4v) is 3.50. The second-order valence-corrected chi connectivity index (χ2v) is 6.57. The molecule has 0 saturated carbocycles. The van der Waals surface area contributed by atoms with Crippen molar-refractivity contribution < 1.29 is 24.2 Å². The van der Waals surface area contributed by atoms with Crippen molar-refractivity contribution in [2.24, 2.45) is 0 Å². The fraction of sp³-hybridized carbons (Fsp3) is 0.263. The molecule has 1 aromatic heterocycles. The van der Waals surface area contributed by atoms with Gasteiger partial charge in [0.25, 0.3) is 5.56 Å². The average Bonchev–Trinajstić information content (AvgIpc) is 3.02. The van der Waals surface area contributed by atoms with E-state index >= 15 is 0 Å². The highest BCUT2D eigenvalue weighted by molar-refractivity contribution is 7.07. The number of rotatable bonds is 6. The minimum Gasteiger partial charge on any atom is -0.507 e. The molecule has 1 heterocycles. The smallest absolute Gasteiger partial charge is 0.351 e. The van der Waals surface area contributed by atoms with Gasteiger partial charge in [0.15, 0.2) is 5.57 Å². The topological polar surface area (TPSA) is 131 Å². The summed E-state index contributed by atoms with van der Waals surface area (Å²) in [7, 11) is 1.20. The number of nitriles is 1. The lowest BCUT2D eigenvalue weighted by atomic mass is 10.2. The molecule has 0 aliphatic rings. The molecule has 0 bridgehead atoms. The molecule has 0 saturated heterocycles. The Morgan fingerprint density at radius 2 is 2.10 bits per heavy atom. The molecule has 0 radical (unpaired) electrons. The van der Waals surface area contributed by atoms with E-state index in [1.54, 1.807) is 19.9 Å². The average molecular weight is 417 g/mol. The van der Waals surface area contributed by atoms with Crippen LogP contribution in [-0.4, -0.2) is 35.3 Å². The summed E-state index contributed by atoms with van der Waals surface area (Å²) in [6, 6.07) is 6.00. The van der Waals surface area contributed by atoms with Crippen molar-refractivity contribution >= 4 is 40.7 Å². The lowest BCUT2D eigenvalue weighted by Gasteiger charge is -2.05. The second-order valence-electron chi connectivity index (χ2n) is 5.54. The Hall–Kier alpha value is -3.58. The molecule has 9 nitrogen and oxygen atoms in total. The van der Waals surface area contributed by atoms with Crippen LogP contribution in [0.1, 0.15) is 24.2 Å². The van der Waals surface area contributed by atoms with E-state index in [4.69, 9.17) is 4.74 Å². The SMILES string of the molecule is CCOC(=O)/C(C#N)=c1\s/c(=C/Nc2ccc(O)c(C(=O)OC)c2)c(=O)n1CC. The summed E-state index contributed by atoms with van der Waals surface area (Å²) >= 11 is 0.966. The van der Waals surface area contributed by atoms with Gasteiger partial charge in [-0.15, -0.1) is 11.3 Å². The van der Waals surface area contributed by atoms with Crippen molar-refractivity contribution in [3.05, 3.63) is 43.3 Å². The minimum atomic E-state index is -0.792. The molecule has 2 N–H and O–H groups in total. The molecule has 10 heteroatoms. The number of carbonyl (C=O) groups excluding carboxylic acids is 2. The molecule has 152 valence electrons. The minimum absolute atomic E-state index is 0.0360. The Morgan fingerprint density at radius 1 is 1.38 bits per heavy atom. The van der Waals surface area contributed by atoms with Gasteiger partial charge in [-0.25, -0.2) is 9.59 Å². The normalized spacial score (nSPS) is 12.1. The number of esters is 2. The summed E-state index contributed by atoms with van der Waals surface area (Å²) in [6.07, 6.45) is 1.40. The van der Waals surface area contributed by atoms with Gasteiger partial charge in [-0.05, 0) is 32.0 Å². The molecule has 0 aliphatic heterocycles. The van der Waals surface area contributed by atoms with Gasteiger partial charge in [-0.1, -0.05) is 0 Å². The third-order valence-electron chi connectivity index (χ3n) is 3.80. The lowest BCUT2D eigenvalue weighted by Crippen LogP contribution is -2.32. The molecule has 29 heavy (non-hydrogen) atoms. The van der Waals surface area contributed by atoms with Crippen LogP contribution in [0.5, 0.6) is 5.75 Å². The summed E-state index contributed by atoms with van der Waals surface area (Å²) in [5.74, 6) is -1.74. The van der Waals surface area contributed by atoms with E-state index in [2.05, 4.69) is 10.1 Å².